The number of nitrogens with one attached hydrogen (secondary N) is 1. The molecule has 144 valence electrons. The molecule has 1 N–H and O–H groups in total. The van der Waals surface area contributed by atoms with Gasteiger partial charge in [0.2, 0.25) is 0 Å². The molecule has 0 fully saturated rings. The van der Waals surface area contributed by atoms with Crippen LogP contribution in [0.3, 0.4) is 0 Å². The highest BCUT2D eigenvalue weighted by molar-refractivity contribution is 6.02. The molecule has 8 heteroatoms. The van der Waals surface area contributed by atoms with E-state index in [2.05, 4.69) is 20.1 Å². The predicted octanol–water partition coefficient (Wildman–Crippen LogP) is 3.74. The highest BCUT2D eigenvalue weighted by Gasteiger charge is 2.13. The van der Waals surface area contributed by atoms with Crippen molar-refractivity contribution < 1.29 is 9.72 Å². The fourth-order valence-electron chi connectivity index (χ4n) is 3.09. The van der Waals surface area contributed by atoms with E-state index in [0.29, 0.717) is 22.4 Å². The molecule has 1 amide bonds. The van der Waals surface area contributed by atoms with Crippen molar-refractivity contribution in [2.75, 3.05) is 0 Å². The van der Waals surface area contributed by atoms with Gasteiger partial charge in [-0.25, -0.2) is 10.4 Å². The number of benzene rings is 2. The molecule has 1 heterocycles. The number of nitro groups is 1. The van der Waals surface area contributed by atoms with Gasteiger partial charge in [0.05, 0.1) is 21.7 Å². The number of carbonyl (C=O) groups excluding carboxylic acids is 1. The largest absolute Gasteiger partial charge is 0.329 e. The number of nitrogens with zero attached hydrogens (tertiary/aromatic N) is 4. The van der Waals surface area contributed by atoms with Gasteiger partial charge in [0.25, 0.3) is 11.6 Å². The van der Waals surface area contributed by atoms with Crippen LogP contribution in [0.1, 0.15) is 41.2 Å². The zero-order valence-corrected chi connectivity index (χ0v) is 16.2. The number of nitro benzene ring substituents is 1. The van der Waals surface area contributed by atoms with E-state index in [1.165, 1.54) is 6.07 Å². The van der Waals surface area contributed by atoms with Crippen molar-refractivity contribution in [1.29, 1.82) is 0 Å². The summed E-state index contributed by atoms with van der Waals surface area (Å²) in [5.74, 6) is 0.524. The number of imidazole rings is 1. The van der Waals surface area contributed by atoms with Crippen molar-refractivity contribution in [2.24, 2.45) is 5.10 Å². The van der Waals surface area contributed by atoms with Gasteiger partial charge in [-0.05, 0) is 45.9 Å². The molecule has 0 aliphatic carbocycles. The number of hydrogen-bond donors (Lipinski definition) is 1. The van der Waals surface area contributed by atoms with E-state index in [-0.39, 0.29) is 11.6 Å². The van der Waals surface area contributed by atoms with Crippen LogP contribution in [0.2, 0.25) is 0 Å². The van der Waals surface area contributed by atoms with E-state index in [0.717, 1.165) is 23.4 Å². The van der Waals surface area contributed by atoms with Gasteiger partial charge >= 0.3 is 0 Å². The van der Waals surface area contributed by atoms with Gasteiger partial charge in [-0.2, -0.15) is 5.10 Å². The third-order valence-corrected chi connectivity index (χ3v) is 4.67. The minimum absolute atomic E-state index is 0.0192. The number of hydrazone groups is 1. The van der Waals surface area contributed by atoms with Gasteiger partial charge in [-0.3, -0.25) is 14.9 Å². The Hall–Kier alpha value is -3.55. The smallest absolute Gasteiger partial charge is 0.272 e. The summed E-state index contributed by atoms with van der Waals surface area (Å²) in [6, 6.07) is 10.2. The average molecular weight is 379 g/mol. The second-order valence-corrected chi connectivity index (χ2v) is 6.50. The van der Waals surface area contributed by atoms with E-state index in [1.807, 2.05) is 19.9 Å². The third-order valence-electron chi connectivity index (χ3n) is 4.67. The summed E-state index contributed by atoms with van der Waals surface area (Å²) in [6.45, 7) is 8.14. The lowest BCUT2D eigenvalue weighted by Gasteiger charge is -2.05. The van der Waals surface area contributed by atoms with Gasteiger partial charge in [0.15, 0.2) is 0 Å². The zero-order chi connectivity index (χ0) is 20.4. The molecule has 0 saturated heterocycles. The SMILES string of the molecule is CCn1c(C)nc2cc(C(=O)NN=C(C)c3ccc(C)c([N+](=O)[O-])c3)ccc21. The van der Waals surface area contributed by atoms with E-state index < -0.39 is 4.92 Å². The van der Waals surface area contributed by atoms with Crippen LogP contribution in [-0.4, -0.2) is 26.1 Å². The molecule has 28 heavy (non-hydrogen) atoms. The Balaban J connectivity index is 1.82. The molecule has 0 bridgehead atoms. The number of amides is 1. The molecule has 0 aliphatic rings. The van der Waals surface area contributed by atoms with Gasteiger partial charge in [-0.1, -0.05) is 12.1 Å². The maximum atomic E-state index is 12.5. The Labute approximate surface area is 162 Å². The number of aromatic nitrogens is 2. The topological polar surface area (TPSA) is 102 Å². The highest BCUT2D eigenvalue weighted by atomic mass is 16.6. The molecule has 1 aromatic heterocycles. The predicted molar refractivity (Wildman–Crippen MR) is 108 cm³/mol. The first-order chi connectivity index (χ1) is 13.3. The Bertz CT molecular complexity index is 1110. The van der Waals surface area contributed by atoms with Crippen molar-refractivity contribution in [2.45, 2.75) is 34.2 Å². The molecule has 0 unspecified atom stereocenters. The molecular formula is C20H21N5O3. The summed E-state index contributed by atoms with van der Waals surface area (Å²) in [6.07, 6.45) is 0. The molecule has 0 saturated carbocycles. The Morgan fingerprint density at radius 2 is 1.93 bits per heavy atom. The molecule has 0 aliphatic heterocycles. The first kappa shape index (κ1) is 19.2. The lowest BCUT2D eigenvalue weighted by Crippen LogP contribution is -2.19. The molecule has 3 rings (SSSR count). The van der Waals surface area contributed by atoms with Crippen LogP contribution in [0.4, 0.5) is 5.69 Å². The van der Waals surface area contributed by atoms with E-state index in [9.17, 15) is 14.9 Å². The lowest BCUT2D eigenvalue weighted by atomic mass is 10.1. The summed E-state index contributed by atoms with van der Waals surface area (Å²) < 4.78 is 2.07. The van der Waals surface area contributed by atoms with Crippen LogP contribution in [0, 0.1) is 24.0 Å². The van der Waals surface area contributed by atoms with Crippen LogP contribution in [0.5, 0.6) is 0 Å². The second-order valence-electron chi connectivity index (χ2n) is 6.50. The molecule has 8 nitrogen and oxygen atoms in total. The van der Waals surface area contributed by atoms with E-state index in [1.54, 1.807) is 38.1 Å². The molecule has 0 spiro atoms. The normalized spacial score (nSPS) is 11.6. The molecule has 3 aromatic rings. The van der Waals surface area contributed by atoms with E-state index >= 15 is 0 Å². The summed E-state index contributed by atoms with van der Waals surface area (Å²) in [4.78, 5) is 27.6. The number of aryl methyl sites for hydroxylation is 3. The maximum Gasteiger partial charge on any atom is 0.272 e. The van der Waals surface area contributed by atoms with Crippen LogP contribution in [-0.2, 0) is 6.54 Å². The Morgan fingerprint density at radius 1 is 1.21 bits per heavy atom. The van der Waals surface area contributed by atoms with Crippen LogP contribution < -0.4 is 5.43 Å². The minimum atomic E-state index is -0.433. The Kier molecular flexibility index (Phi) is 5.21. The van der Waals surface area contributed by atoms with Gasteiger partial charge < -0.3 is 4.57 Å². The van der Waals surface area contributed by atoms with Crippen LogP contribution in [0.15, 0.2) is 41.5 Å². The summed E-state index contributed by atoms with van der Waals surface area (Å²) in [5.41, 5.74) is 6.32. The Morgan fingerprint density at radius 3 is 2.61 bits per heavy atom. The van der Waals surface area contributed by atoms with Crippen molar-refractivity contribution >= 4 is 28.3 Å². The van der Waals surface area contributed by atoms with Crippen molar-refractivity contribution in [3.63, 3.8) is 0 Å². The van der Waals surface area contributed by atoms with Crippen LogP contribution in [0.25, 0.3) is 11.0 Å². The van der Waals surface area contributed by atoms with Crippen LogP contribution >= 0.6 is 0 Å². The van der Waals surface area contributed by atoms with Gasteiger partial charge in [0, 0.05) is 29.3 Å². The molecular weight excluding hydrogens is 358 g/mol. The highest BCUT2D eigenvalue weighted by Crippen LogP contribution is 2.20. The van der Waals surface area contributed by atoms with Crippen molar-refractivity contribution in [3.05, 3.63) is 69.0 Å². The fourth-order valence-corrected chi connectivity index (χ4v) is 3.09. The summed E-state index contributed by atoms with van der Waals surface area (Å²) in [5, 5.41) is 15.2. The third kappa shape index (κ3) is 3.62. The number of hydrogen-bond acceptors (Lipinski definition) is 5. The fraction of sp³-hybridized carbons (Fsp3) is 0.250. The molecule has 0 atom stereocenters. The number of carbonyl (C=O) groups is 1. The number of rotatable bonds is 5. The zero-order valence-electron chi connectivity index (χ0n) is 16.2. The minimum Gasteiger partial charge on any atom is -0.329 e. The van der Waals surface area contributed by atoms with E-state index in [4.69, 9.17) is 0 Å². The maximum absolute atomic E-state index is 12.5. The second kappa shape index (κ2) is 7.59. The quantitative estimate of drug-likeness (QED) is 0.414. The summed E-state index contributed by atoms with van der Waals surface area (Å²) in [7, 11) is 0. The van der Waals surface area contributed by atoms with Crippen molar-refractivity contribution in [3.8, 4) is 0 Å². The van der Waals surface area contributed by atoms with Gasteiger partial charge in [-0.15, -0.1) is 0 Å². The molecule has 2 aromatic carbocycles. The number of fused-ring (bicyclic) bond motifs is 1. The van der Waals surface area contributed by atoms with Gasteiger partial charge in [0.1, 0.15) is 5.82 Å². The average Bonchev–Trinajstić information content (AvgIpc) is 2.99. The standard InChI is InChI=1S/C20H21N5O3/c1-5-24-14(4)21-17-10-16(8-9-18(17)24)20(26)23-22-13(3)15-7-6-12(2)19(11-15)25(27)28/h6-11H,5H2,1-4H3,(H,23,26). The molecule has 0 radical (unpaired) electrons. The first-order valence-corrected chi connectivity index (χ1v) is 8.88. The lowest BCUT2D eigenvalue weighted by molar-refractivity contribution is -0.385. The summed E-state index contributed by atoms with van der Waals surface area (Å²) >= 11 is 0. The first-order valence-electron chi connectivity index (χ1n) is 8.88. The van der Waals surface area contributed by atoms with Crippen molar-refractivity contribution in [1.82, 2.24) is 15.0 Å². The monoisotopic (exact) mass is 379 g/mol.